The number of imidazole rings is 1. The Kier molecular flexibility index (Phi) is 8.51. The lowest BCUT2D eigenvalue weighted by atomic mass is 10.2. The Morgan fingerprint density at radius 2 is 2.21 bits per heavy atom. The molecule has 0 aliphatic carbocycles. The fourth-order valence-corrected chi connectivity index (χ4v) is 4.66. The maximum absolute atomic E-state index is 13.5. The Morgan fingerprint density at radius 3 is 2.94 bits per heavy atom. The molecule has 3 rings (SSSR count). The van der Waals surface area contributed by atoms with Crippen LogP contribution in [0.1, 0.15) is 19.4 Å². The number of ether oxygens (including phenoxy) is 2. The Bertz CT molecular complexity index is 1250. The summed E-state index contributed by atoms with van der Waals surface area (Å²) < 4.78 is 44.5. The number of nitrogens with one attached hydrogen (secondary N) is 2. The van der Waals surface area contributed by atoms with Crippen molar-refractivity contribution in [3.8, 4) is 0 Å². The lowest BCUT2D eigenvalue weighted by Crippen LogP contribution is -2.34. The van der Waals surface area contributed by atoms with Gasteiger partial charge in [-0.1, -0.05) is 12.1 Å². The number of H-pyrrole nitrogens is 1. The van der Waals surface area contributed by atoms with E-state index in [-0.39, 0.29) is 49.8 Å². The number of halogens is 1. The van der Waals surface area contributed by atoms with Gasteiger partial charge >= 0.3 is 5.97 Å². The van der Waals surface area contributed by atoms with Crippen LogP contribution in [0.4, 0.5) is 10.3 Å². The van der Waals surface area contributed by atoms with Crippen molar-refractivity contribution in [2.24, 2.45) is 0 Å². The van der Waals surface area contributed by atoms with E-state index >= 15 is 0 Å². The summed E-state index contributed by atoms with van der Waals surface area (Å²) in [5.74, 6) is -1.11. The second kappa shape index (κ2) is 11.3. The number of aromatic nitrogens is 4. The van der Waals surface area contributed by atoms with Crippen molar-refractivity contribution in [1.29, 1.82) is 0 Å². The molecule has 34 heavy (non-hydrogen) atoms. The van der Waals surface area contributed by atoms with Crippen molar-refractivity contribution in [1.82, 2.24) is 24.6 Å². The van der Waals surface area contributed by atoms with Crippen molar-refractivity contribution < 1.29 is 27.7 Å². The number of fused-ring (bicyclic) bond motifs is 1. The monoisotopic (exact) mass is 496 g/mol. The number of benzene rings is 1. The number of carbonyl (C=O) groups is 1. The summed E-state index contributed by atoms with van der Waals surface area (Å²) in [5.41, 5.74) is 5.99. The van der Waals surface area contributed by atoms with Crippen LogP contribution in [0, 0.1) is 5.82 Å². The zero-order valence-electron chi connectivity index (χ0n) is 18.7. The van der Waals surface area contributed by atoms with Gasteiger partial charge < -0.3 is 24.3 Å². The van der Waals surface area contributed by atoms with E-state index in [0.717, 1.165) is 0 Å². The van der Waals surface area contributed by atoms with Crippen LogP contribution in [0.2, 0.25) is 0 Å². The smallest absolute Gasteiger partial charge is 0.323 e. The van der Waals surface area contributed by atoms with E-state index in [1.807, 2.05) is 0 Å². The summed E-state index contributed by atoms with van der Waals surface area (Å²) in [6, 6.07) is 4.73. The first-order valence-electron chi connectivity index (χ1n) is 10.4. The summed E-state index contributed by atoms with van der Waals surface area (Å²) in [7, 11) is -3.71. The first kappa shape index (κ1) is 25.5. The molecule has 0 saturated heterocycles. The molecule has 4 N–H and O–H groups in total. The van der Waals surface area contributed by atoms with Gasteiger partial charge in [-0.15, -0.1) is 0 Å². The molecule has 2 atom stereocenters. The quantitative estimate of drug-likeness (QED) is 0.191. The normalized spacial score (nSPS) is 14.1. The zero-order chi connectivity index (χ0) is 24.7. The zero-order valence-corrected chi connectivity index (χ0v) is 19.6. The van der Waals surface area contributed by atoms with Gasteiger partial charge in [-0.25, -0.2) is 14.5 Å². The van der Waals surface area contributed by atoms with Crippen molar-refractivity contribution in [3.63, 3.8) is 0 Å². The molecule has 0 aliphatic rings. The summed E-state index contributed by atoms with van der Waals surface area (Å²) >= 11 is 0. The number of esters is 1. The lowest BCUT2D eigenvalue weighted by Gasteiger charge is -2.23. The maximum atomic E-state index is 13.5. The van der Waals surface area contributed by atoms with E-state index < -0.39 is 30.9 Å². The van der Waals surface area contributed by atoms with Gasteiger partial charge in [-0.3, -0.25) is 19.1 Å². The second-order valence-corrected chi connectivity index (χ2v) is 9.40. The van der Waals surface area contributed by atoms with Crippen molar-refractivity contribution in [3.05, 3.63) is 52.3 Å². The van der Waals surface area contributed by atoms with Crippen molar-refractivity contribution in [2.75, 3.05) is 25.3 Å². The molecule has 0 bridgehead atoms. The van der Waals surface area contributed by atoms with E-state index in [0.29, 0.717) is 5.56 Å². The fraction of sp³-hybridized carbons (Fsp3) is 0.400. The van der Waals surface area contributed by atoms with Gasteiger partial charge in [0.2, 0.25) is 5.95 Å². The number of hydrogen-bond donors (Lipinski definition) is 3. The van der Waals surface area contributed by atoms with E-state index in [2.05, 4.69) is 20.0 Å². The molecule has 0 radical (unpaired) electrons. The molecule has 1 aromatic carbocycles. The van der Waals surface area contributed by atoms with Crippen LogP contribution in [-0.2, 0) is 36.5 Å². The summed E-state index contributed by atoms with van der Waals surface area (Å²) in [6.45, 7) is 3.42. The summed E-state index contributed by atoms with van der Waals surface area (Å²) in [6.07, 6.45) is 1.03. The number of nitrogen functional groups attached to an aromatic ring is 1. The molecular formula is C20H26FN6O6P. The van der Waals surface area contributed by atoms with Crippen LogP contribution < -0.4 is 16.4 Å². The number of nitrogens with zero attached hydrogens (tertiary/aromatic N) is 3. The minimum Gasteiger partial charge on any atom is -0.465 e. The number of carbonyl (C=O) groups excluding carboxylic acids is 1. The molecule has 12 nitrogen and oxygen atoms in total. The van der Waals surface area contributed by atoms with Gasteiger partial charge in [0.25, 0.3) is 13.1 Å². The number of nitrogens with two attached hydrogens (primary N) is 1. The predicted molar refractivity (Wildman–Crippen MR) is 121 cm³/mol. The summed E-state index contributed by atoms with van der Waals surface area (Å²) in [5, 5.41) is 2.65. The van der Waals surface area contributed by atoms with E-state index in [1.54, 1.807) is 17.6 Å². The maximum Gasteiger partial charge on any atom is 0.323 e. The van der Waals surface area contributed by atoms with Crippen LogP contribution in [0.15, 0.2) is 35.4 Å². The van der Waals surface area contributed by atoms with Crippen molar-refractivity contribution >= 4 is 30.6 Å². The Hall–Kier alpha value is -3.12. The largest absolute Gasteiger partial charge is 0.465 e. The van der Waals surface area contributed by atoms with Gasteiger partial charge in [0.15, 0.2) is 11.2 Å². The first-order valence-corrected chi connectivity index (χ1v) is 12.2. The van der Waals surface area contributed by atoms with Gasteiger partial charge in [0, 0.05) is 6.54 Å². The number of aromatic amines is 1. The van der Waals surface area contributed by atoms with E-state index in [4.69, 9.17) is 19.7 Å². The van der Waals surface area contributed by atoms with Gasteiger partial charge in [0.05, 0.1) is 26.1 Å². The van der Waals surface area contributed by atoms with Gasteiger partial charge in [-0.05, 0) is 31.5 Å². The molecular weight excluding hydrogens is 470 g/mol. The highest BCUT2D eigenvalue weighted by atomic mass is 31.2. The molecule has 1 unspecified atom stereocenters. The van der Waals surface area contributed by atoms with Crippen LogP contribution >= 0.6 is 7.52 Å². The first-order chi connectivity index (χ1) is 16.2. The molecule has 0 fully saturated rings. The van der Waals surface area contributed by atoms with Crippen LogP contribution in [-0.4, -0.2) is 51.1 Å². The second-order valence-electron chi connectivity index (χ2n) is 7.28. The third kappa shape index (κ3) is 6.70. The third-order valence-corrected chi connectivity index (χ3v) is 6.44. The molecule has 0 spiro atoms. The average Bonchev–Trinajstić information content (AvgIpc) is 3.19. The predicted octanol–water partition coefficient (Wildman–Crippen LogP) is 1.77. The topological polar surface area (TPSA) is 163 Å². The molecule has 3 aromatic rings. The highest BCUT2D eigenvalue weighted by Gasteiger charge is 2.29. The van der Waals surface area contributed by atoms with E-state index in [1.165, 1.54) is 31.5 Å². The Balaban J connectivity index is 1.65. The van der Waals surface area contributed by atoms with Gasteiger partial charge in [-0.2, -0.15) is 4.98 Å². The lowest BCUT2D eigenvalue weighted by molar-refractivity contribution is -0.144. The Labute approximate surface area is 194 Å². The van der Waals surface area contributed by atoms with Crippen LogP contribution in [0.3, 0.4) is 0 Å². The average molecular weight is 496 g/mol. The minimum atomic E-state index is -3.71. The number of anilines is 1. The van der Waals surface area contributed by atoms with Crippen molar-refractivity contribution in [2.45, 2.75) is 33.0 Å². The highest BCUT2D eigenvalue weighted by Crippen LogP contribution is 2.44. The number of hydrogen-bond acceptors (Lipinski definition) is 9. The molecule has 0 saturated carbocycles. The fourth-order valence-electron chi connectivity index (χ4n) is 3.01. The highest BCUT2D eigenvalue weighted by molar-refractivity contribution is 7.56. The number of rotatable bonds is 12. The molecule has 184 valence electrons. The molecule has 2 aromatic heterocycles. The summed E-state index contributed by atoms with van der Waals surface area (Å²) in [4.78, 5) is 34.3. The standard InChI is InChI=1S/C20H26FN6O6P/c1-3-32-19(29)13(2)26-34(30,33-10-14-5-4-6-15(21)9-14)12-31-8-7-27-11-23-16-17(27)24-20(22)25-18(16)28/h4-6,9,11,13H,3,7-8,10,12H2,1-2H3,(H,26,30)(H3,22,24,25,28)/t13-,34?/m0/s1. The van der Waals surface area contributed by atoms with Gasteiger partial charge in [0.1, 0.15) is 18.2 Å². The van der Waals surface area contributed by atoms with Crippen LogP contribution in [0.25, 0.3) is 11.2 Å². The van der Waals surface area contributed by atoms with E-state index in [9.17, 15) is 18.5 Å². The molecule has 14 heteroatoms. The molecule has 0 amide bonds. The van der Waals surface area contributed by atoms with Crippen LogP contribution in [0.5, 0.6) is 0 Å². The molecule has 2 heterocycles. The Morgan fingerprint density at radius 1 is 1.41 bits per heavy atom. The third-order valence-electron chi connectivity index (χ3n) is 4.59. The minimum absolute atomic E-state index is 0.0485. The SMILES string of the molecule is CCOC(=O)[C@H](C)NP(=O)(COCCn1cnc2c(=O)[nH]c(N)nc21)OCc1cccc(F)c1. The molecule has 0 aliphatic heterocycles.